The summed E-state index contributed by atoms with van der Waals surface area (Å²) in [4.78, 5) is 70.6. The third kappa shape index (κ3) is 32.1. The number of carbonyl (C=O) groups excluding carboxylic acids is 1. The van der Waals surface area contributed by atoms with Gasteiger partial charge in [0.2, 0.25) is 0 Å². The lowest BCUT2D eigenvalue weighted by atomic mass is 10.1. The molecule has 1 amide bonds. The molecule has 4 aromatic heterocycles. The molecule has 1 fully saturated rings. The number of thioether (sulfide) groups is 1. The quantitative estimate of drug-likeness (QED) is 0.0110. The Hall–Kier alpha value is -13.4. The van der Waals surface area contributed by atoms with Crippen molar-refractivity contribution in [2.75, 3.05) is 66.6 Å². The number of hydrogen-bond acceptors (Lipinski definition) is 21. The summed E-state index contributed by atoms with van der Waals surface area (Å²) in [7, 11) is 1.62. The van der Waals surface area contributed by atoms with Crippen LogP contribution in [0.4, 0.5) is 0 Å². The van der Waals surface area contributed by atoms with E-state index < -0.39 is 0 Å². The molecule has 0 bridgehead atoms. The molecule has 5 heterocycles. The minimum Gasteiger partial charge on any atom is -0.497 e. The van der Waals surface area contributed by atoms with Gasteiger partial charge in [-0.05, 0) is 233 Å². The van der Waals surface area contributed by atoms with E-state index in [-0.39, 0.29) is 34.8 Å². The van der Waals surface area contributed by atoms with Crippen molar-refractivity contribution >= 4 is 136 Å². The number of thiazole rings is 4. The fourth-order valence-electron chi connectivity index (χ4n) is 12.8. The highest BCUT2D eigenvalue weighted by Gasteiger charge is 2.32. The second-order valence-corrected chi connectivity index (χ2v) is 35.7. The number of methoxy groups -OCH3 is 1. The molecule has 131 heavy (non-hydrogen) atoms. The molecule has 13 aromatic rings. The van der Waals surface area contributed by atoms with Gasteiger partial charge in [-0.15, -0.1) is 51.8 Å². The van der Waals surface area contributed by atoms with Crippen LogP contribution in [0.2, 0.25) is 0 Å². The number of thiocarbonyl (C=S) groups is 1. The SMILES string of the molecule is C#CCOc1ccc(C=c2sc(=C)n(CC)c2=O)cc1OCC.C=CCOc1ccc(C=C2SC(=S)N(Cc3ccc(OC)cc3)C2=O)cc1.C=c1[nH]c(=O)c(=Cc2ccc(OCCCCOc3cc(C)cc(C)c3)cc2)s1.C=c1[nH]c(=O)c(=Cc2cccc(OCCCOc3ccc(C)cc3C)c2)s1.C=c1[nH]c(=O)c(=Cc2ccccc2OCCCOc2ccccc2C)s1. The number of H-pyrrole nitrogens is 3. The van der Waals surface area contributed by atoms with E-state index in [1.165, 1.54) is 73.8 Å². The number of ether oxygens (including phenoxy) is 10. The molecule has 1 aliphatic heterocycles. The topological polar surface area (TPSA) is 233 Å². The Morgan fingerprint density at radius 3 is 1.52 bits per heavy atom. The lowest BCUT2D eigenvalue weighted by Crippen LogP contribution is -2.30. The van der Waals surface area contributed by atoms with E-state index in [9.17, 15) is 24.0 Å². The predicted molar refractivity (Wildman–Crippen MR) is 542 cm³/mol. The molecule has 0 unspecified atom stereocenters. The van der Waals surface area contributed by atoms with Crippen LogP contribution in [0, 0.1) is 47.0 Å². The average molecular weight is 1870 g/mol. The molecular formula is C105H107N5O15S6. The van der Waals surface area contributed by atoms with Crippen molar-refractivity contribution in [3.63, 3.8) is 0 Å². The molecule has 26 heteroatoms. The lowest BCUT2D eigenvalue weighted by molar-refractivity contribution is -0.122. The summed E-state index contributed by atoms with van der Waals surface area (Å²) in [5, 5.41) is 0. The number of para-hydroxylation sites is 2. The van der Waals surface area contributed by atoms with Crippen LogP contribution in [-0.4, -0.2) is 101 Å². The summed E-state index contributed by atoms with van der Waals surface area (Å²) in [6.45, 7) is 38.8. The van der Waals surface area contributed by atoms with Crippen LogP contribution in [0.1, 0.15) is 101 Å². The van der Waals surface area contributed by atoms with Crippen LogP contribution in [0.25, 0.3) is 56.7 Å². The Balaban J connectivity index is 0.000000170. The van der Waals surface area contributed by atoms with E-state index in [0.29, 0.717) is 119 Å². The average Bonchev–Trinajstić information content (AvgIpc) is 1.72. The maximum Gasteiger partial charge on any atom is 0.269 e. The molecule has 0 atom stereocenters. The van der Waals surface area contributed by atoms with Crippen LogP contribution in [0.15, 0.2) is 237 Å². The number of nitrogens with one attached hydrogen (secondary N) is 3. The molecule has 0 radical (unpaired) electrons. The van der Waals surface area contributed by atoms with Crippen LogP contribution < -0.4 is 106 Å². The van der Waals surface area contributed by atoms with E-state index in [2.05, 4.69) is 112 Å². The van der Waals surface area contributed by atoms with Crippen molar-refractivity contribution < 1.29 is 52.2 Å². The summed E-state index contributed by atoms with van der Waals surface area (Å²) in [5.74, 6) is 10.2. The van der Waals surface area contributed by atoms with E-state index in [1.54, 1.807) is 28.7 Å². The second kappa shape index (κ2) is 51.7. The first-order valence-corrected chi connectivity index (χ1v) is 46.8. The van der Waals surface area contributed by atoms with Gasteiger partial charge in [0.05, 0.1) is 102 Å². The smallest absolute Gasteiger partial charge is 0.269 e. The van der Waals surface area contributed by atoms with Gasteiger partial charge < -0.3 is 62.3 Å². The molecule has 14 rings (SSSR count). The third-order valence-electron chi connectivity index (χ3n) is 19.1. The number of rotatable bonds is 35. The summed E-state index contributed by atoms with van der Waals surface area (Å²) >= 11 is 12.1. The molecule has 0 spiro atoms. The number of hydrogen-bond donors (Lipinski definition) is 3. The number of aryl methyl sites for hydroxylation is 5. The predicted octanol–water partition coefficient (Wildman–Crippen LogP) is 15.7. The van der Waals surface area contributed by atoms with Crippen LogP contribution >= 0.6 is 69.3 Å². The number of terminal acetylenes is 1. The Bertz CT molecular complexity index is 6840. The summed E-state index contributed by atoms with van der Waals surface area (Å²) in [6, 6.07) is 64.2. The Morgan fingerprint density at radius 2 is 0.947 bits per heavy atom. The van der Waals surface area contributed by atoms with Crippen molar-refractivity contribution in [2.45, 2.75) is 87.2 Å². The molecule has 678 valence electrons. The number of aromatic amines is 3. The fraction of sp³-hybridized carbons (Fsp3) is 0.219. The van der Waals surface area contributed by atoms with E-state index in [0.717, 1.165) is 121 Å². The number of carbonyl (C=O) groups is 1. The van der Waals surface area contributed by atoms with Gasteiger partial charge in [0.25, 0.3) is 28.1 Å². The van der Waals surface area contributed by atoms with Gasteiger partial charge in [-0.25, -0.2) is 0 Å². The van der Waals surface area contributed by atoms with Gasteiger partial charge in [-0.2, -0.15) is 0 Å². The molecule has 20 nitrogen and oxygen atoms in total. The largest absolute Gasteiger partial charge is 0.497 e. The molecule has 9 aromatic carbocycles. The third-order valence-corrected chi connectivity index (χ3v) is 24.0. The molecule has 3 N–H and O–H groups in total. The minimum absolute atomic E-state index is 0.0203. The zero-order valence-electron chi connectivity index (χ0n) is 74.7. The number of aromatic nitrogens is 4. The fourth-order valence-corrected chi connectivity index (χ4v) is 17.3. The second-order valence-electron chi connectivity index (χ2n) is 29.5. The van der Waals surface area contributed by atoms with Crippen molar-refractivity contribution in [3.05, 3.63) is 357 Å². The van der Waals surface area contributed by atoms with Gasteiger partial charge in [0.15, 0.2) is 11.5 Å². The Morgan fingerprint density at radius 1 is 0.435 bits per heavy atom. The van der Waals surface area contributed by atoms with Gasteiger partial charge in [-0.3, -0.25) is 33.4 Å². The highest BCUT2D eigenvalue weighted by molar-refractivity contribution is 8.26. The summed E-state index contributed by atoms with van der Waals surface area (Å²) in [6.07, 6.45) is 19.5. The van der Waals surface area contributed by atoms with Crippen molar-refractivity contribution in [1.82, 2.24) is 24.4 Å². The molecule has 1 aliphatic rings. The van der Waals surface area contributed by atoms with Gasteiger partial charge in [0, 0.05) is 24.9 Å². The minimum atomic E-state index is -0.124. The van der Waals surface area contributed by atoms with Crippen molar-refractivity contribution in [2.24, 2.45) is 0 Å². The Labute approximate surface area is 787 Å². The van der Waals surface area contributed by atoms with Crippen molar-refractivity contribution in [3.8, 4) is 69.8 Å². The van der Waals surface area contributed by atoms with Gasteiger partial charge >= 0.3 is 0 Å². The number of benzene rings is 9. The maximum absolute atomic E-state index is 12.7. The number of amides is 1. The Kier molecular flexibility index (Phi) is 39.4. The lowest BCUT2D eigenvalue weighted by Gasteiger charge is -2.14. The first kappa shape index (κ1) is 99.8. The molecule has 0 aliphatic carbocycles. The monoisotopic (exact) mass is 1870 g/mol. The molecular weight excluding hydrogens is 1760 g/mol. The number of unbranched alkanes of at least 4 members (excludes halogenated alkanes) is 1. The normalized spacial score (nSPS) is 12.3. The highest BCUT2D eigenvalue weighted by Crippen LogP contribution is 2.35. The van der Waals surface area contributed by atoms with Crippen LogP contribution in [0.5, 0.6) is 57.5 Å². The first-order chi connectivity index (χ1) is 63.3. The molecule has 1 saturated heterocycles. The maximum atomic E-state index is 12.7. The van der Waals surface area contributed by atoms with Crippen LogP contribution in [-0.2, 0) is 17.9 Å². The van der Waals surface area contributed by atoms with Gasteiger partial charge in [0.1, 0.15) is 63.5 Å². The highest BCUT2D eigenvalue weighted by atomic mass is 32.2. The van der Waals surface area contributed by atoms with Crippen LogP contribution in [0.3, 0.4) is 0 Å². The molecule has 0 saturated carbocycles. The number of nitrogens with zero attached hydrogens (tertiary/aromatic N) is 2. The zero-order chi connectivity index (χ0) is 93.6. The summed E-state index contributed by atoms with van der Waals surface area (Å²) < 4.78 is 64.1. The van der Waals surface area contributed by atoms with Gasteiger partial charge in [-0.1, -0.05) is 184 Å². The van der Waals surface area contributed by atoms with E-state index >= 15 is 0 Å². The standard InChI is InChI=1S/C23H25NO3S.C22H23NO3S.C21H19NO3S2.C21H21NO3S.C18H19NO3S/c1-16-12-17(2)14-21(13-16)27-11-5-4-10-26-20-8-6-19(7-9-20)15-22-23(25)24-18(3)28-22;1-15-8-9-20(16(2)12-15)26-11-5-10-25-19-7-4-6-18(13-19)14-21-22(24)23-17(3)27-21;1-3-12-25-18-10-4-15(5-11-18)13-19-20(23)22(21(26)27-19)14-16-6-8-17(24-2)9-7-16;1-15-8-3-5-10-18(15)24-12-7-13-25-19-11-6-4-9-17(19)14-20-21(23)22-16(2)26-20;1-5-10-22-15-9-8-14(11-16(15)21-7-3)12-17-18(20)19(6-2)13(4)23-17/h6-9,12-15H,3-5,10-11H2,1-2H3,(H,24,25);4,6-9,12-14H,3,5,10-11H2,1-2H3,(H,23,24);3-11,13H,1,12,14H2,2H3;3-6,8-11,14H,2,7,12-13H2,1H3,(H,22,23);1,8-9,11-12H,4,6-7,10H2,2-3H3. The van der Waals surface area contributed by atoms with E-state index in [1.807, 2.05) is 215 Å². The zero-order valence-corrected chi connectivity index (χ0v) is 79.6. The first-order valence-electron chi connectivity index (χ1n) is 42.3. The van der Waals surface area contributed by atoms with E-state index in [4.69, 9.17) is 66.0 Å². The van der Waals surface area contributed by atoms with Crippen molar-refractivity contribution in [1.29, 1.82) is 0 Å². The summed E-state index contributed by atoms with van der Waals surface area (Å²) in [5.41, 5.74) is 11.1.